The average molecular weight is 300 g/mol. The molecule has 2 unspecified atom stereocenters. The summed E-state index contributed by atoms with van der Waals surface area (Å²) in [6.07, 6.45) is 2.70. The molecule has 1 aliphatic heterocycles. The van der Waals surface area contributed by atoms with Gasteiger partial charge in [-0.2, -0.15) is 5.10 Å². The molecule has 0 aromatic carbocycles. The van der Waals surface area contributed by atoms with Gasteiger partial charge in [-0.25, -0.2) is 0 Å². The Hall–Kier alpha value is -0.680. The molecule has 0 saturated carbocycles. The summed E-state index contributed by atoms with van der Waals surface area (Å²) < 4.78 is 2.63. The van der Waals surface area contributed by atoms with Crippen molar-refractivity contribution in [1.82, 2.24) is 15.1 Å². The summed E-state index contributed by atoms with van der Waals surface area (Å²) in [5.41, 5.74) is 0.729. The van der Waals surface area contributed by atoms with Gasteiger partial charge in [0.05, 0.1) is 10.7 Å². The van der Waals surface area contributed by atoms with E-state index in [1.165, 1.54) is 0 Å². The van der Waals surface area contributed by atoms with Gasteiger partial charge in [-0.3, -0.25) is 9.48 Å². The van der Waals surface area contributed by atoms with E-state index in [1.54, 1.807) is 6.20 Å². The predicted molar refractivity (Wildman–Crippen MR) is 70.1 cm³/mol. The molecule has 1 saturated heterocycles. The zero-order valence-electron chi connectivity index (χ0n) is 10.2. The Kier molecular flexibility index (Phi) is 3.99. The van der Waals surface area contributed by atoms with Gasteiger partial charge in [0.2, 0.25) is 0 Å². The molecule has 1 N–H and O–H groups in total. The number of rotatable bonds is 4. The van der Waals surface area contributed by atoms with Crippen molar-refractivity contribution in [2.75, 3.05) is 13.1 Å². The number of carbonyl (C=O) groups is 1. The minimum Gasteiger partial charge on any atom is -0.316 e. The molecular weight excluding hydrogens is 282 g/mol. The molecular formula is C12H18BrN3O. The summed E-state index contributed by atoms with van der Waals surface area (Å²) in [4.78, 5) is 12.5. The van der Waals surface area contributed by atoms with Crippen molar-refractivity contribution >= 4 is 21.7 Å². The second-order valence-corrected chi connectivity index (χ2v) is 5.52. The van der Waals surface area contributed by atoms with Crippen LogP contribution in [0.3, 0.4) is 0 Å². The van der Waals surface area contributed by atoms with Gasteiger partial charge in [0.25, 0.3) is 0 Å². The van der Waals surface area contributed by atoms with E-state index in [0.717, 1.165) is 36.2 Å². The first kappa shape index (κ1) is 12.8. The van der Waals surface area contributed by atoms with Crippen LogP contribution < -0.4 is 5.32 Å². The molecule has 5 heteroatoms. The van der Waals surface area contributed by atoms with Gasteiger partial charge in [0.15, 0.2) is 5.78 Å². The molecule has 94 valence electrons. The molecule has 4 nitrogen and oxygen atoms in total. The van der Waals surface area contributed by atoms with E-state index >= 15 is 0 Å². The summed E-state index contributed by atoms with van der Waals surface area (Å²) in [6, 6.07) is 0. The van der Waals surface area contributed by atoms with Gasteiger partial charge < -0.3 is 5.32 Å². The van der Waals surface area contributed by atoms with Gasteiger partial charge in [-0.1, -0.05) is 13.8 Å². The number of carbonyl (C=O) groups excluding carboxylic acids is 1. The Morgan fingerprint density at radius 1 is 1.65 bits per heavy atom. The number of nitrogens with one attached hydrogen (secondary N) is 1. The van der Waals surface area contributed by atoms with Gasteiger partial charge in [-0.15, -0.1) is 0 Å². The van der Waals surface area contributed by atoms with E-state index in [4.69, 9.17) is 0 Å². The maximum Gasteiger partial charge on any atom is 0.186 e. The van der Waals surface area contributed by atoms with Crippen molar-refractivity contribution in [3.63, 3.8) is 0 Å². The lowest BCUT2D eigenvalue weighted by Crippen LogP contribution is -2.24. The van der Waals surface area contributed by atoms with Crippen LogP contribution in [0.1, 0.15) is 30.8 Å². The van der Waals surface area contributed by atoms with Crippen LogP contribution in [0.2, 0.25) is 0 Å². The molecule has 1 aromatic rings. The Morgan fingerprint density at radius 3 is 3.00 bits per heavy atom. The Morgan fingerprint density at radius 2 is 2.41 bits per heavy atom. The van der Waals surface area contributed by atoms with E-state index in [2.05, 4.69) is 40.2 Å². The van der Waals surface area contributed by atoms with Crippen molar-refractivity contribution in [1.29, 1.82) is 0 Å². The molecule has 0 spiro atoms. The number of ketones is 1. The lowest BCUT2D eigenvalue weighted by atomic mass is 9.92. The summed E-state index contributed by atoms with van der Waals surface area (Å²) in [5.74, 6) is 0.693. The fourth-order valence-corrected chi connectivity index (χ4v) is 2.82. The summed E-state index contributed by atoms with van der Waals surface area (Å²) >= 11 is 3.43. The third-order valence-electron chi connectivity index (χ3n) is 3.32. The Bertz CT molecular complexity index is 416. The highest BCUT2D eigenvalue weighted by atomic mass is 79.9. The largest absolute Gasteiger partial charge is 0.316 e. The molecule has 1 aromatic heterocycles. The highest BCUT2D eigenvalue weighted by Crippen LogP contribution is 2.25. The first-order valence-electron chi connectivity index (χ1n) is 6.11. The van der Waals surface area contributed by atoms with E-state index in [0.29, 0.717) is 5.92 Å². The second kappa shape index (κ2) is 5.31. The highest BCUT2D eigenvalue weighted by Gasteiger charge is 2.33. The zero-order chi connectivity index (χ0) is 12.4. The SMILES string of the molecule is CCCn1ncc(Br)c1C(=O)C1CNCC1C. The first-order chi connectivity index (χ1) is 8.15. The minimum absolute atomic E-state index is 0.0820. The minimum atomic E-state index is 0.0820. The molecule has 0 bridgehead atoms. The number of aryl methyl sites for hydroxylation is 1. The fourth-order valence-electron chi connectivity index (χ4n) is 2.33. The fraction of sp³-hybridized carbons (Fsp3) is 0.667. The van der Waals surface area contributed by atoms with Crippen molar-refractivity contribution in [3.05, 3.63) is 16.4 Å². The Balaban J connectivity index is 2.26. The van der Waals surface area contributed by atoms with Gasteiger partial charge in [0.1, 0.15) is 5.69 Å². The second-order valence-electron chi connectivity index (χ2n) is 4.67. The lowest BCUT2D eigenvalue weighted by Gasteiger charge is -2.14. The van der Waals surface area contributed by atoms with E-state index < -0.39 is 0 Å². The van der Waals surface area contributed by atoms with E-state index in [1.807, 2.05) is 4.68 Å². The quantitative estimate of drug-likeness (QED) is 0.866. The standard InChI is InChI=1S/C12H18BrN3O/c1-3-4-16-11(10(13)7-15-16)12(17)9-6-14-5-8(9)2/h7-9,14H,3-6H2,1-2H3. The number of aromatic nitrogens is 2. The summed E-state index contributed by atoms with van der Waals surface area (Å²) in [7, 11) is 0. The van der Waals surface area contributed by atoms with Crippen LogP contribution in [-0.4, -0.2) is 28.7 Å². The maximum atomic E-state index is 12.5. The van der Waals surface area contributed by atoms with Crippen LogP contribution in [0.25, 0.3) is 0 Å². The van der Waals surface area contributed by atoms with Crippen molar-refractivity contribution in [2.24, 2.45) is 11.8 Å². The first-order valence-corrected chi connectivity index (χ1v) is 6.90. The van der Waals surface area contributed by atoms with Crippen molar-refractivity contribution in [3.8, 4) is 0 Å². The molecule has 2 rings (SSSR count). The topological polar surface area (TPSA) is 46.9 Å². The normalized spacial score (nSPS) is 24.2. The van der Waals surface area contributed by atoms with Crippen LogP contribution >= 0.6 is 15.9 Å². The summed E-state index contributed by atoms with van der Waals surface area (Å²) in [5, 5.41) is 7.52. The van der Waals surface area contributed by atoms with E-state index in [9.17, 15) is 4.79 Å². The zero-order valence-corrected chi connectivity index (χ0v) is 11.8. The average Bonchev–Trinajstić information content (AvgIpc) is 2.86. The van der Waals surface area contributed by atoms with Crippen LogP contribution in [0.5, 0.6) is 0 Å². The molecule has 2 heterocycles. The van der Waals surface area contributed by atoms with Crippen LogP contribution in [0.4, 0.5) is 0 Å². The molecule has 0 aliphatic carbocycles. The van der Waals surface area contributed by atoms with Crippen LogP contribution in [0.15, 0.2) is 10.7 Å². The Labute approximate surface area is 110 Å². The number of hydrogen-bond acceptors (Lipinski definition) is 3. The monoisotopic (exact) mass is 299 g/mol. The van der Waals surface area contributed by atoms with Crippen molar-refractivity contribution in [2.45, 2.75) is 26.8 Å². The maximum absolute atomic E-state index is 12.5. The number of halogens is 1. The van der Waals surface area contributed by atoms with Gasteiger partial charge in [0, 0.05) is 19.0 Å². The number of hydrogen-bond donors (Lipinski definition) is 1. The molecule has 17 heavy (non-hydrogen) atoms. The van der Waals surface area contributed by atoms with Crippen LogP contribution in [0, 0.1) is 11.8 Å². The van der Waals surface area contributed by atoms with E-state index in [-0.39, 0.29) is 11.7 Å². The third kappa shape index (κ3) is 2.45. The van der Waals surface area contributed by atoms with Gasteiger partial charge in [-0.05, 0) is 34.8 Å². The highest BCUT2D eigenvalue weighted by molar-refractivity contribution is 9.10. The summed E-state index contributed by atoms with van der Waals surface area (Å²) in [6.45, 7) is 6.71. The molecule has 2 atom stereocenters. The smallest absolute Gasteiger partial charge is 0.186 e. The van der Waals surface area contributed by atoms with Gasteiger partial charge >= 0.3 is 0 Å². The number of nitrogens with zero attached hydrogens (tertiary/aromatic N) is 2. The number of Topliss-reactive ketones (excluding diaryl/α,β-unsaturated/α-hetero) is 1. The molecule has 1 fully saturated rings. The lowest BCUT2D eigenvalue weighted by molar-refractivity contribution is 0.0895. The van der Waals surface area contributed by atoms with Crippen LogP contribution in [-0.2, 0) is 6.54 Å². The molecule has 1 aliphatic rings. The third-order valence-corrected chi connectivity index (χ3v) is 3.90. The van der Waals surface area contributed by atoms with Crippen molar-refractivity contribution < 1.29 is 4.79 Å². The predicted octanol–water partition coefficient (Wildman–Crippen LogP) is 2.09. The molecule has 0 radical (unpaired) electrons. The molecule has 0 amide bonds.